The van der Waals surface area contributed by atoms with Crippen molar-refractivity contribution in [2.75, 3.05) is 0 Å². The monoisotopic (exact) mass is 373 g/mol. The topological polar surface area (TPSA) is 12.9 Å². The van der Waals surface area contributed by atoms with E-state index in [4.69, 9.17) is 4.98 Å². The number of nitrogens with zero attached hydrogens (tertiary/aromatic N) is 1. The molecule has 2 aromatic carbocycles. The molecule has 26 heavy (non-hydrogen) atoms. The second-order valence-electron chi connectivity index (χ2n) is 7.75. The van der Waals surface area contributed by atoms with Gasteiger partial charge in [0.1, 0.15) is 0 Å². The average Bonchev–Trinajstić information content (AvgIpc) is 3.21. The molecule has 0 radical (unpaired) electrons. The largest absolute Gasteiger partial charge is 0.255 e. The highest BCUT2D eigenvalue weighted by Gasteiger charge is 2.20. The van der Waals surface area contributed by atoms with Crippen molar-refractivity contribution < 1.29 is 0 Å². The summed E-state index contributed by atoms with van der Waals surface area (Å²) in [5.74, 6) is 0. The van der Waals surface area contributed by atoms with Crippen LogP contribution in [0, 0.1) is 0 Å². The maximum absolute atomic E-state index is 4.80. The highest BCUT2D eigenvalue weighted by molar-refractivity contribution is 7.32. The lowest BCUT2D eigenvalue weighted by molar-refractivity contribution is 0.596. The zero-order valence-electron chi connectivity index (χ0n) is 15.0. The van der Waals surface area contributed by atoms with Crippen LogP contribution in [0.15, 0.2) is 60.1 Å². The number of hydrogen-bond donors (Lipinski definition) is 0. The quantitative estimate of drug-likeness (QED) is 0.294. The fourth-order valence-corrected chi connectivity index (χ4v) is 6.04. The van der Waals surface area contributed by atoms with Crippen LogP contribution < -0.4 is 0 Å². The standard InChI is InChI=1S/C23H19NS2/c1-23(2,3)18-13-15(12-14-6-4-5-7-16(14)18)20-22-17(8-10-24-20)21-19(26-22)9-11-25-21/h4-13H,1-3H3. The summed E-state index contributed by atoms with van der Waals surface area (Å²) in [6.45, 7) is 6.86. The summed E-state index contributed by atoms with van der Waals surface area (Å²) in [7, 11) is 0. The second kappa shape index (κ2) is 5.63. The van der Waals surface area contributed by atoms with E-state index in [0.717, 1.165) is 5.69 Å². The van der Waals surface area contributed by atoms with Crippen LogP contribution in [0.4, 0.5) is 0 Å². The van der Waals surface area contributed by atoms with Gasteiger partial charge in [0.2, 0.25) is 0 Å². The summed E-state index contributed by atoms with van der Waals surface area (Å²) < 4.78 is 4.03. The molecule has 0 fully saturated rings. The van der Waals surface area contributed by atoms with Crippen molar-refractivity contribution in [3.8, 4) is 11.3 Å². The molecule has 0 saturated carbocycles. The molecular formula is C23H19NS2. The molecule has 0 saturated heterocycles. The second-order valence-corrected chi connectivity index (χ2v) is 9.72. The molecular weight excluding hydrogens is 354 g/mol. The summed E-state index contributed by atoms with van der Waals surface area (Å²) in [4.78, 5) is 4.80. The van der Waals surface area contributed by atoms with Crippen molar-refractivity contribution in [1.29, 1.82) is 0 Å². The summed E-state index contributed by atoms with van der Waals surface area (Å²) >= 11 is 3.68. The third-order valence-electron chi connectivity index (χ3n) is 4.93. The molecule has 0 amide bonds. The molecule has 0 aliphatic carbocycles. The van der Waals surface area contributed by atoms with Gasteiger partial charge in [0, 0.05) is 21.8 Å². The van der Waals surface area contributed by atoms with Crippen molar-refractivity contribution in [1.82, 2.24) is 4.98 Å². The number of rotatable bonds is 1. The van der Waals surface area contributed by atoms with E-state index in [-0.39, 0.29) is 5.41 Å². The van der Waals surface area contributed by atoms with Gasteiger partial charge in [-0.05, 0) is 51.4 Å². The van der Waals surface area contributed by atoms with E-state index in [1.54, 1.807) is 0 Å². The average molecular weight is 374 g/mol. The molecule has 0 N–H and O–H groups in total. The molecule has 0 aliphatic rings. The Balaban J connectivity index is 1.86. The number of benzene rings is 2. The first-order valence-electron chi connectivity index (χ1n) is 8.81. The van der Waals surface area contributed by atoms with Gasteiger partial charge >= 0.3 is 0 Å². The molecule has 3 heterocycles. The lowest BCUT2D eigenvalue weighted by Gasteiger charge is -2.22. The summed E-state index contributed by atoms with van der Waals surface area (Å²) in [5, 5.41) is 6.12. The minimum atomic E-state index is 0.0826. The molecule has 0 spiro atoms. The minimum absolute atomic E-state index is 0.0826. The van der Waals surface area contributed by atoms with Gasteiger partial charge in [0.05, 0.1) is 15.1 Å². The van der Waals surface area contributed by atoms with E-state index in [1.165, 1.54) is 41.4 Å². The van der Waals surface area contributed by atoms with Crippen LogP contribution in [0.3, 0.4) is 0 Å². The SMILES string of the molecule is CC(C)(C)c1cc(-c2nccc3c2sc2ccsc23)cc2ccccc12. The van der Waals surface area contributed by atoms with Crippen molar-refractivity contribution in [2.24, 2.45) is 0 Å². The zero-order valence-corrected chi connectivity index (χ0v) is 16.7. The lowest BCUT2D eigenvalue weighted by Crippen LogP contribution is -2.12. The molecule has 0 unspecified atom stereocenters. The van der Waals surface area contributed by atoms with Gasteiger partial charge in [-0.1, -0.05) is 45.0 Å². The van der Waals surface area contributed by atoms with Crippen LogP contribution in [-0.4, -0.2) is 4.98 Å². The van der Waals surface area contributed by atoms with E-state index in [0.29, 0.717) is 0 Å². The number of fused-ring (bicyclic) bond motifs is 4. The van der Waals surface area contributed by atoms with E-state index >= 15 is 0 Å². The molecule has 5 aromatic rings. The Labute approximate surface area is 160 Å². The molecule has 0 atom stereocenters. The third-order valence-corrected chi connectivity index (χ3v) is 7.19. The molecule has 0 aliphatic heterocycles. The molecule has 1 nitrogen and oxygen atoms in total. The van der Waals surface area contributed by atoms with E-state index in [1.807, 2.05) is 28.9 Å². The Bertz CT molecular complexity index is 1270. The van der Waals surface area contributed by atoms with Gasteiger partial charge in [-0.15, -0.1) is 22.7 Å². The Morgan fingerprint density at radius 3 is 2.58 bits per heavy atom. The van der Waals surface area contributed by atoms with E-state index < -0.39 is 0 Å². The van der Waals surface area contributed by atoms with Gasteiger partial charge in [-0.25, -0.2) is 0 Å². The number of pyridine rings is 1. The summed E-state index contributed by atoms with van der Waals surface area (Å²) in [6, 6.07) is 17.7. The predicted octanol–water partition coefficient (Wildman–Crippen LogP) is 7.63. The van der Waals surface area contributed by atoms with Gasteiger partial charge in [-0.3, -0.25) is 4.98 Å². The van der Waals surface area contributed by atoms with Crippen molar-refractivity contribution in [2.45, 2.75) is 26.2 Å². The molecule has 128 valence electrons. The first-order valence-corrected chi connectivity index (χ1v) is 10.5. The Morgan fingerprint density at radius 2 is 1.73 bits per heavy atom. The van der Waals surface area contributed by atoms with Gasteiger partial charge in [-0.2, -0.15) is 0 Å². The van der Waals surface area contributed by atoms with Crippen molar-refractivity contribution in [3.05, 3.63) is 65.7 Å². The molecule has 0 bridgehead atoms. The van der Waals surface area contributed by atoms with Crippen molar-refractivity contribution >= 4 is 52.9 Å². The smallest absolute Gasteiger partial charge is 0.0881 e. The first-order chi connectivity index (χ1) is 12.5. The summed E-state index contributed by atoms with van der Waals surface area (Å²) in [6.07, 6.45) is 1.95. The van der Waals surface area contributed by atoms with Gasteiger partial charge < -0.3 is 0 Å². The normalized spacial score (nSPS) is 12.4. The van der Waals surface area contributed by atoms with Gasteiger partial charge in [0.25, 0.3) is 0 Å². The van der Waals surface area contributed by atoms with E-state index in [2.05, 4.69) is 74.7 Å². The fraction of sp³-hybridized carbons (Fsp3) is 0.174. The van der Waals surface area contributed by atoms with Gasteiger partial charge in [0.15, 0.2) is 0 Å². The van der Waals surface area contributed by atoms with Crippen molar-refractivity contribution in [3.63, 3.8) is 0 Å². The highest BCUT2D eigenvalue weighted by atomic mass is 32.1. The molecule has 3 heteroatoms. The van der Waals surface area contributed by atoms with Crippen LogP contribution in [0.25, 0.3) is 41.5 Å². The van der Waals surface area contributed by atoms with Crippen LogP contribution in [0.5, 0.6) is 0 Å². The zero-order chi connectivity index (χ0) is 17.9. The van der Waals surface area contributed by atoms with Crippen LogP contribution in [-0.2, 0) is 5.41 Å². The predicted molar refractivity (Wildman–Crippen MR) is 117 cm³/mol. The van der Waals surface area contributed by atoms with E-state index in [9.17, 15) is 0 Å². The molecule has 5 rings (SSSR count). The fourth-order valence-electron chi connectivity index (χ4n) is 3.69. The number of aromatic nitrogens is 1. The number of thiophene rings is 2. The highest BCUT2D eigenvalue weighted by Crippen LogP contribution is 2.42. The summed E-state index contributed by atoms with van der Waals surface area (Å²) in [5.41, 5.74) is 3.78. The van der Waals surface area contributed by atoms with Crippen LogP contribution >= 0.6 is 22.7 Å². The Hall–Kier alpha value is -2.23. The third kappa shape index (κ3) is 2.38. The van der Waals surface area contributed by atoms with Crippen LogP contribution in [0.2, 0.25) is 0 Å². The minimum Gasteiger partial charge on any atom is -0.255 e. The Morgan fingerprint density at radius 1 is 0.885 bits per heavy atom. The number of hydrogen-bond acceptors (Lipinski definition) is 3. The Kier molecular flexibility index (Phi) is 3.46. The lowest BCUT2D eigenvalue weighted by atomic mass is 9.82. The maximum Gasteiger partial charge on any atom is 0.0881 e. The van der Waals surface area contributed by atoms with Crippen LogP contribution in [0.1, 0.15) is 26.3 Å². The molecule has 3 aromatic heterocycles. The first kappa shape index (κ1) is 16.0. The maximum atomic E-state index is 4.80.